The van der Waals surface area contributed by atoms with Gasteiger partial charge in [-0.2, -0.15) is 0 Å². The van der Waals surface area contributed by atoms with Gasteiger partial charge in [0, 0.05) is 31.9 Å². The van der Waals surface area contributed by atoms with Gasteiger partial charge in [-0.15, -0.1) is 0 Å². The zero-order valence-electron chi connectivity index (χ0n) is 19.7. The molecule has 1 fully saturated rings. The molecular formula is C24H33N3O6S. The van der Waals surface area contributed by atoms with Crippen molar-refractivity contribution in [3.8, 4) is 11.5 Å². The molecule has 34 heavy (non-hydrogen) atoms. The molecule has 1 heterocycles. The lowest BCUT2D eigenvalue weighted by Crippen LogP contribution is -2.38. The number of rotatable bonds is 12. The molecule has 0 unspecified atom stereocenters. The predicted molar refractivity (Wildman–Crippen MR) is 131 cm³/mol. The van der Waals surface area contributed by atoms with E-state index >= 15 is 0 Å². The van der Waals surface area contributed by atoms with E-state index < -0.39 is 21.7 Å². The van der Waals surface area contributed by atoms with Gasteiger partial charge in [-0.25, -0.2) is 8.42 Å². The van der Waals surface area contributed by atoms with E-state index in [2.05, 4.69) is 14.9 Å². The molecule has 9 nitrogen and oxygen atoms in total. The van der Waals surface area contributed by atoms with E-state index in [4.69, 9.17) is 14.2 Å². The van der Waals surface area contributed by atoms with E-state index in [1.807, 2.05) is 38.1 Å². The number of hydrogen-bond acceptors (Lipinski definition) is 7. The first-order valence-electron chi connectivity index (χ1n) is 11.3. The Morgan fingerprint density at radius 3 is 2.53 bits per heavy atom. The fourth-order valence-corrected chi connectivity index (χ4v) is 4.39. The summed E-state index contributed by atoms with van der Waals surface area (Å²) in [6.07, 6.45) is 0.0218. The molecule has 1 saturated heterocycles. The largest absolute Gasteiger partial charge is 0.492 e. The van der Waals surface area contributed by atoms with Gasteiger partial charge in [-0.1, -0.05) is 12.1 Å². The Labute approximate surface area is 201 Å². The first-order valence-corrected chi connectivity index (χ1v) is 13.0. The van der Waals surface area contributed by atoms with Crippen LogP contribution in [-0.4, -0.2) is 70.5 Å². The normalized spacial score (nSPS) is 14.6. The molecule has 1 amide bonds. The third-order valence-electron chi connectivity index (χ3n) is 4.99. The summed E-state index contributed by atoms with van der Waals surface area (Å²) in [5.41, 5.74) is 1.19. The van der Waals surface area contributed by atoms with Gasteiger partial charge in [0.15, 0.2) is 0 Å². The lowest BCUT2D eigenvalue weighted by atomic mass is 10.2. The van der Waals surface area contributed by atoms with Crippen molar-refractivity contribution in [1.29, 1.82) is 0 Å². The minimum absolute atomic E-state index is 0.0218. The molecule has 0 radical (unpaired) electrons. The zero-order chi connectivity index (χ0) is 24.4. The second kappa shape index (κ2) is 12.6. The highest BCUT2D eigenvalue weighted by atomic mass is 32.2. The standard InChI is InChI=1S/C24H33N3O6S/c1-19(2)33-22-8-6-21(7-9-22)26-34(29,30)18-24(28)25-17-20-4-3-5-23(16-20)32-15-12-27-10-13-31-14-11-27/h3-9,16,19,26H,10-15,17-18H2,1-2H3,(H,25,28). The molecule has 0 aromatic heterocycles. The van der Waals surface area contributed by atoms with Crippen LogP contribution in [0.15, 0.2) is 48.5 Å². The Morgan fingerprint density at radius 2 is 1.82 bits per heavy atom. The van der Waals surface area contributed by atoms with Gasteiger partial charge in [-0.05, 0) is 55.8 Å². The highest BCUT2D eigenvalue weighted by Crippen LogP contribution is 2.18. The zero-order valence-corrected chi connectivity index (χ0v) is 20.5. The van der Waals surface area contributed by atoms with Gasteiger partial charge in [0.05, 0.1) is 19.3 Å². The summed E-state index contributed by atoms with van der Waals surface area (Å²) >= 11 is 0. The smallest absolute Gasteiger partial charge is 0.241 e. The van der Waals surface area contributed by atoms with E-state index in [9.17, 15) is 13.2 Å². The third kappa shape index (κ3) is 9.20. The summed E-state index contributed by atoms with van der Waals surface area (Å²) in [4.78, 5) is 14.5. The number of carbonyl (C=O) groups excluding carboxylic acids is 1. The third-order valence-corrected chi connectivity index (χ3v) is 6.18. The molecule has 0 saturated carbocycles. The molecule has 3 rings (SSSR count). The highest BCUT2D eigenvalue weighted by Gasteiger charge is 2.17. The maximum atomic E-state index is 12.4. The number of sulfonamides is 1. The maximum Gasteiger partial charge on any atom is 0.241 e. The quantitative estimate of drug-likeness (QED) is 0.469. The fourth-order valence-electron chi connectivity index (χ4n) is 3.38. The number of anilines is 1. The van der Waals surface area contributed by atoms with E-state index in [1.54, 1.807) is 24.3 Å². The van der Waals surface area contributed by atoms with Crippen LogP contribution in [0.4, 0.5) is 5.69 Å². The number of hydrogen-bond donors (Lipinski definition) is 2. The summed E-state index contributed by atoms with van der Waals surface area (Å²) in [6, 6.07) is 13.9. The molecule has 2 N–H and O–H groups in total. The Kier molecular flexibility index (Phi) is 9.55. The Bertz CT molecular complexity index is 1020. The van der Waals surface area contributed by atoms with E-state index in [-0.39, 0.29) is 12.6 Å². The summed E-state index contributed by atoms with van der Waals surface area (Å²) in [5.74, 6) is 0.0839. The van der Waals surface area contributed by atoms with Crippen molar-refractivity contribution in [2.45, 2.75) is 26.5 Å². The van der Waals surface area contributed by atoms with E-state index in [0.29, 0.717) is 23.8 Å². The van der Waals surface area contributed by atoms with Crippen LogP contribution in [0.3, 0.4) is 0 Å². The first kappa shape index (κ1) is 25.8. The van der Waals surface area contributed by atoms with Crippen molar-refractivity contribution in [1.82, 2.24) is 10.2 Å². The number of nitrogens with zero attached hydrogens (tertiary/aromatic N) is 1. The molecule has 2 aromatic carbocycles. The monoisotopic (exact) mass is 491 g/mol. The molecule has 186 valence electrons. The fraction of sp³-hybridized carbons (Fsp3) is 0.458. The van der Waals surface area contributed by atoms with Crippen LogP contribution in [0, 0.1) is 0 Å². The lowest BCUT2D eigenvalue weighted by molar-refractivity contribution is -0.118. The van der Waals surface area contributed by atoms with Crippen LogP contribution in [0.5, 0.6) is 11.5 Å². The van der Waals surface area contributed by atoms with Gasteiger partial charge in [-0.3, -0.25) is 14.4 Å². The number of morpholine rings is 1. The van der Waals surface area contributed by atoms with Crippen LogP contribution in [0.1, 0.15) is 19.4 Å². The predicted octanol–water partition coefficient (Wildman–Crippen LogP) is 2.24. The topological polar surface area (TPSA) is 106 Å². The minimum Gasteiger partial charge on any atom is -0.492 e. The van der Waals surface area contributed by atoms with Crippen LogP contribution in [0.25, 0.3) is 0 Å². The minimum atomic E-state index is -3.85. The summed E-state index contributed by atoms with van der Waals surface area (Å²) < 4.78 is 43.8. The molecule has 0 aliphatic carbocycles. The maximum absolute atomic E-state index is 12.4. The number of amides is 1. The lowest BCUT2D eigenvalue weighted by Gasteiger charge is -2.26. The van der Waals surface area contributed by atoms with Crippen LogP contribution in [-0.2, 0) is 26.1 Å². The summed E-state index contributed by atoms with van der Waals surface area (Å²) in [6.45, 7) is 8.72. The van der Waals surface area contributed by atoms with Crippen LogP contribution in [0.2, 0.25) is 0 Å². The molecule has 2 aromatic rings. The number of benzene rings is 2. The van der Waals surface area contributed by atoms with Gasteiger partial charge in [0.2, 0.25) is 15.9 Å². The second-order valence-corrected chi connectivity index (χ2v) is 10.0. The van der Waals surface area contributed by atoms with Crippen molar-refractivity contribution in [3.05, 3.63) is 54.1 Å². The molecule has 1 aliphatic heterocycles. The highest BCUT2D eigenvalue weighted by molar-refractivity contribution is 7.93. The van der Waals surface area contributed by atoms with Crippen LogP contribution >= 0.6 is 0 Å². The van der Waals surface area contributed by atoms with Gasteiger partial charge in [0.25, 0.3) is 0 Å². The van der Waals surface area contributed by atoms with E-state index in [0.717, 1.165) is 38.4 Å². The number of nitrogens with one attached hydrogen (secondary N) is 2. The number of carbonyl (C=O) groups is 1. The van der Waals surface area contributed by atoms with E-state index in [1.165, 1.54) is 0 Å². The molecule has 0 bridgehead atoms. The average molecular weight is 492 g/mol. The van der Waals surface area contributed by atoms with Gasteiger partial charge >= 0.3 is 0 Å². The van der Waals surface area contributed by atoms with Crippen molar-refractivity contribution in [3.63, 3.8) is 0 Å². The molecule has 0 atom stereocenters. The molecule has 0 spiro atoms. The van der Waals surface area contributed by atoms with Crippen LogP contribution < -0.4 is 19.5 Å². The Hall–Kier alpha value is -2.82. The summed E-state index contributed by atoms with van der Waals surface area (Å²) in [5, 5.41) is 2.65. The molecule has 10 heteroatoms. The summed E-state index contributed by atoms with van der Waals surface area (Å²) in [7, 11) is -3.85. The SMILES string of the molecule is CC(C)Oc1ccc(NS(=O)(=O)CC(=O)NCc2cccc(OCCN3CCOCC3)c2)cc1. The number of ether oxygens (including phenoxy) is 3. The average Bonchev–Trinajstić information content (AvgIpc) is 2.79. The van der Waals surface area contributed by atoms with Crippen molar-refractivity contribution >= 4 is 21.6 Å². The van der Waals surface area contributed by atoms with Gasteiger partial charge < -0.3 is 19.5 Å². The van der Waals surface area contributed by atoms with Crippen molar-refractivity contribution in [2.75, 3.05) is 49.9 Å². The second-order valence-electron chi connectivity index (χ2n) is 8.28. The molecular weight excluding hydrogens is 458 g/mol. The Morgan fingerprint density at radius 1 is 1.09 bits per heavy atom. The molecule has 1 aliphatic rings. The Balaban J connectivity index is 1.42. The van der Waals surface area contributed by atoms with Gasteiger partial charge in [0.1, 0.15) is 23.9 Å². The first-order chi connectivity index (χ1) is 16.3. The van der Waals surface area contributed by atoms with Crippen molar-refractivity contribution in [2.24, 2.45) is 0 Å². The van der Waals surface area contributed by atoms with Crippen molar-refractivity contribution < 1.29 is 27.4 Å².